The molecular weight excluding hydrogens is 270 g/mol. The highest BCUT2D eigenvalue weighted by Gasteiger charge is 2.21. The smallest absolute Gasteiger partial charge is 0.239 e. The summed E-state index contributed by atoms with van der Waals surface area (Å²) in [6, 6.07) is 4.94. The van der Waals surface area contributed by atoms with Crippen LogP contribution in [0.15, 0.2) is 18.2 Å². The van der Waals surface area contributed by atoms with Crippen molar-refractivity contribution in [2.24, 2.45) is 5.73 Å². The van der Waals surface area contributed by atoms with Gasteiger partial charge in [-0.15, -0.1) is 0 Å². The molecule has 1 amide bonds. The molecule has 0 spiro atoms. The lowest BCUT2D eigenvalue weighted by molar-refractivity contribution is -0.120. The van der Waals surface area contributed by atoms with Crippen molar-refractivity contribution in [1.82, 2.24) is 10.2 Å². The average Bonchev–Trinajstić information content (AvgIpc) is 2.94. The van der Waals surface area contributed by atoms with Gasteiger partial charge in [0.05, 0.1) is 0 Å². The van der Waals surface area contributed by atoms with Crippen LogP contribution in [0.4, 0.5) is 0 Å². The zero-order chi connectivity index (χ0) is 15.2. The van der Waals surface area contributed by atoms with Crippen molar-refractivity contribution >= 4 is 5.91 Å². The summed E-state index contributed by atoms with van der Waals surface area (Å²) in [7, 11) is 0. The first-order valence-electron chi connectivity index (χ1n) is 7.30. The van der Waals surface area contributed by atoms with Crippen molar-refractivity contribution in [3.63, 3.8) is 0 Å². The van der Waals surface area contributed by atoms with Gasteiger partial charge in [-0.25, -0.2) is 0 Å². The Morgan fingerprint density at radius 3 is 2.71 bits per heavy atom. The molecule has 6 nitrogen and oxygen atoms in total. The summed E-state index contributed by atoms with van der Waals surface area (Å²) in [5.41, 5.74) is 6.31. The first-order chi connectivity index (χ1) is 10.2. The number of carbonyl (C=O) groups excluding carboxylic acids is 1. The Morgan fingerprint density at radius 1 is 1.33 bits per heavy atom. The van der Waals surface area contributed by atoms with E-state index in [0.29, 0.717) is 18.0 Å². The number of ether oxygens (including phenoxy) is 2. The Labute approximate surface area is 125 Å². The van der Waals surface area contributed by atoms with Gasteiger partial charge in [0, 0.05) is 13.1 Å². The van der Waals surface area contributed by atoms with Gasteiger partial charge < -0.3 is 25.4 Å². The van der Waals surface area contributed by atoms with E-state index in [2.05, 4.69) is 24.1 Å². The summed E-state index contributed by atoms with van der Waals surface area (Å²) in [5.74, 6) is 0.961. The molecule has 1 atom stereocenters. The predicted octanol–water partition coefficient (Wildman–Crippen LogP) is 0.873. The quantitative estimate of drug-likeness (QED) is 0.744. The minimum Gasteiger partial charge on any atom is -0.454 e. The molecule has 0 saturated heterocycles. The van der Waals surface area contributed by atoms with Crippen LogP contribution in [-0.2, 0) is 4.79 Å². The van der Waals surface area contributed by atoms with E-state index in [1.807, 2.05) is 12.1 Å². The number of nitrogens with one attached hydrogen (secondary N) is 1. The molecule has 1 aromatic carbocycles. The summed E-state index contributed by atoms with van der Waals surface area (Å²) >= 11 is 0. The molecule has 0 aromatic heterocycles. The number of hydrogen-bond acceptors (Lipinski definition) is 5. The largest absolute Gasteiger partial charge is 0.454 e. The normalized spacial score (nSPS) is 14.4. The minimum absolute atomic E-state index is 0.218. The molecule has 0 bridgehead atoms. The van der Waals surface area contributed by atoms with Gasteiger partial charge in [0.15, 0.2) is 11.5 Å². The second kappa shape index (κ2) is 7.28. The van der Waals surface area contributed by atoms with Crippen LogP contribution in [0.3, 0.4) is 0 Å². The highest BCUT2D eigenvalue weighted by Crippen LogP contribution is 2.34. The Morgan fingerprint density at radius 2 is 2.05 bits per heavy atom. The number of fused-ring (bicyclic) bond motifs is 1. The van der Waals surface area contributed by atoms with Crippen molar-refractivity contribution in [2.75, 3.05) is 33.0 Å². The van der Waals surface area contributed by atoms with Crippen LogP contribution in [0.1, 0.15) is 25.5 Å². The Bertz CT molecular complexity index is 489. The Kier molecular flexibility index (Phi) is 5.41. The minimum atomic E-state index is -0.518. The van der Waals surface area contributed by atoms with Crippen LogP contribution < -0.4 is 20.5 Å². The van der Waals surface area contributed by atoms with Crippen molar-refractivity contribution in [2.45, 2.75) is 19.9 Å². The number of hydrogen-bond donors (Lipinski definition) is 2. The summed E-state index contributed by atoms with van der Waals surface area (Å²) in [5, 5.41) is 3.21. The van der Waals surface area contributed by atoms with Crippen LogP contribution >= 0.6 is 0 Å². The molecule has 2 rings (SSSR count). The fourth-order valence-corrected chi connectivity index (χ4v) is 2.38. The molecule has 1 unspecified atom stereocenters. The maximum Gasteiger partial charge on any atom is 0.239 e. The summed E-state index contributed by atoms with van der Waals surface area (Å²) in [6.45, 7) is 8.01. The van der Waals surface area contributed by atoms with Gasteiger partial charge >= 0.3 is 0 Å². The fraction of sp³-hybridized carbons (Fsp3) is 0.533. The van der Waals surface area contributed by atoms with Gasteiger partial charge in [0.25, 0.3) is 0 Å². The molecule has 116 valence electrons. The van der Waals surface area contributed by atoms with Crippen molar-refractivity contribution in [3.8, 4) is 11.5 Å². The van der Waals surface area contributed by atoms with Gasteiger partial charge in [-0.1, -0.05) is 19.9 Å². The van der Waals surface area contributed by atoms with E-state index in [1.54, 1.807) is 6.07 Å². The molecule has 1 aliphatic rings. The highest BCUT2D eigenvalue weighted by molar-refractivity contribution is 5.81. The number of likely N-dealkylation sites (N-methyl/N-ethyl adjacent to an activating group) is 1. The maximum absolute atomic E-state index is 11.7. The third-order valence-electron chi connectivity index (χ3n) is 3.69. The molecule has 1 aromatic rings. The monoisotopic (exact) mass is 293 g/mol. The zero-order valence-electron chi connectivity index (χ0n) is 12.6. The van der Waals surface area contributed by atoms with Crippen LogP contribution in [0.2, 0.25) is 0 Å². The van der Waals surface area contributed by atoms with E-state index in [0.717, 1.165) is 25.2 Å². The summed E-state index contributed by atoms with van der Waals surface area (Å²) in [4.78, 5) is 14.0. The highest BCUT2D eigenvalue weighted by atomic mass is 16.7. The lowest BCUT2D eigenvalue weighted by Gasteiger charge is -2.21. The van der Waals surface area contributed by atoms with Gasteiger partial charge in [0.2, 0.25) is 12.7 Å². The second-order valence-corrected chi connectivity index (χ2v) is 4.93. The fourth-order valence-electron chi connectivity index (χ4n) is 2.38. The van der Waals surface area contributed by atoms with Crippen LogP contribution in [-0.4, -0.2) is 43.8 Å². The van der Waals surface area contributed by atoms with Crippen LogP contribution in [0, 0.1) is 0 Å². The molecule has 0 radical (unpaired) electrons. The molecule has 6 heteroatoms. The van der Waals surface area contributed by atoms with Crippen molar-refractivity contribution < 1.29 is 14.3 Å². The van der Waals surface area contributed by atoms with Crippen LogP contribution in [0.25, 0.3) is 0 Å². The lowest BCUT2D eigenvalue weighted by Crippen LogP contribution is -2.38. The molecule has 1 heterocycles. The molecule has 0 aliphatic carbocycles. The second-order valence-electron chi connectivity index (χ2n) is 4.93. The predicted molar refractivity (Wildman–Crippen MR) is 80.3 cm³/mol. The Hall–Kier alpha value is -1.79. The maximum atomic E-state index is 11.7. The van der Waals surface area contributed by atoms with E-state index in [1.165, 1.54) is 0 Å². The molecule has 1 aliphatic heterocycles. The molecule has 21 heavy (non-hydrogen) atoms. The summed E-state index contributed by atoms with van der Waals surface area (Å²) < 4.78 is 10.6. The number of carbonyl (C=O) groups is 1. The number of benzene rings is 1. The lowest BCUT2D eigenvalue weighted by atomic mass is 10.1. The molecule has 0 fully saturated rings. The number of primary amides is 1. The first-order valence-corrected chi connectivity index (χ1v) is 7.30. The van der Waals surface area contributed by atoms with Gasteiger partial charge in [-0.3, -0.25) is 4.79 Å². The molecule has 0 saturated carbocycles. The van der Waals surface area contributed by atoms with E-state index in [9.17, 15) is 4.79 Å². The third kappa shape index (κ3) is 3.86. The van der Waals surface area contributed by atoms with E-state index < -0.39 is 11.9 Å². The zero-order valence-corrected chi connectivity index (χ0v) is 12.6. The van der Waals surface area contributed by atoms with Gasteiger partial charge in [-0.2, -0.15) is 0 Å². The topological polar surface area (TPSA) is 76.8 Å². The van der Waals surface area contributed by atoms with Crippen molar-refractivity contribution in [3.05, 3.63) is 23.8 Å². The number of amides is 1. The van der Waals surface area contributed by atoms with E-state index >= 15 is 0 Å². The van der Waals surface area contributed by atoms with E-state index in [4.69, 9.17) is 15.2 Å². The van der Waals surface area contributed by atoms with Gasteiger partial charge in [-0.05, 0) is 30.8 Å². The van der Waals surface area contributed by atoms with Gasteiger partial charge in [0.1, 0.15) is 6.04 Å². The number of nitrogens with two attached hydrogens (primary N) is 1. The number of rotatable bonds is 8. The molecular formula is C15H23N3O3. The standard InChI is InChI=1S/C15H23N3O3/c1-3-18(4-2)8-7-17-14(15(16)19)11-5-6-12-13(9-11)21-10-20-12/h5-6,9,14,17H,3-4,7-8,10H2,1-2H3,(H2,16,19). The average molecular weight is 293 g/mol. The SMILES string of the molecule is CCN(CC)CCNC(C(N)=O)c1ccc2c(c1)OCO2. The van der Waals surface area contributed by atoms with Crippen molar-refractivity contribution in [1.29, 1.82) is 0 Å². The third-order valence-corrected chi connectivity index (χ3v) is 3.69. The van der Waals surface area contributed by atoms with Crippen LogP contribution in [0.5, 0.6) is 11.5 Å². The van der Waals surface area contributed by atoms with E-state index in [-0.39, 0.29) is 6.79 Å². The first kappa shape index (κ1) is 15.6. The number of nitrogens with zero attached hydrogens (tertiary/aromatic N) is 1. The Balaban J connectivity index is 2.00. The molecule has 3 N–H and O–H groups in total. The summed E-state index contributed by atoms with van der Waals surface area (Å²) in [6.07, 6.45) is 0.